The van der Waals surface area contributed by atoms with Crippen molar-refractivity contribution in [2.75, 3.05) is 12.4 Å². The molecule has 7 heteroatoms. The Labute approximate surface area is 134 Å². The quantitative estimate of drug-likeness (QED) is 0.723. The number of tetrazole rings is 1. The first-order valence-corrected chi connectivity index (χ1v) is 7.76. The van der Waals surface area contributed by atoms with Crippen molar-refractivity contribution in [3.63, 3.8) is 0 Å². The number of nitrogens with zero attached hydrogens (tertiary/aromatic N) is 5. The Bertz CT molecular complexity index is 755. The molecule has 7 nitrogen and oxygen atoms in total. The predicted molar refractivity (Wildman–Crippen MR) is 87.5 cm³/mol. The summed E-state index contributed by atoms with van der Waals surface area (Å²) in [5.41, 5.74) is 1.84. The van der Waals surface area contributed by atoms with Crippen LogP contribution in [0.3, 0.4) is 0 Å². The van der Waals surface area contributed by atoms with Crippen LogP contribution in [0.5, 0.6) is 5.75 Å². The fraction of sp³-hybridized carbons (Fsp3) is 0.375. The van der Waals surface area contributed by atoms with E-state index < -0.39 is 0 Å². The molecule has 0 aliphatic rings. The van der Waals surface area contributed by atoms with Crippen LogP contribution in [0.15, 0.2) is 36.4 Å². The molecule has 0 spiro atoms. The number of rotatable bonds is 7. The van der Waals surface area contributed by atoms with E-state index >= 15 is 0 Å². The minimum absolute atomic E-state index is 0.183. The van der Waals surface area contributed by atoms with Crippen LogP contribution in [0.25, 0.3) is 5.65 Å². The average molecular weight is 312 g/mol. The number of anilines is 1. The van der Waals surface area contributed by atoms with Crippen molar-refractivity contribution in [3.05, 3.63) is 42.0 Å². The number of ether oxygens (including phenoxy) is 1. The van der Waals surface area contributed by atoms with Gasteiger partial charge in [0.05, 0.1) is 13.2 Å². The number of hydrogen-bond acceptors (Lipinski definition) is 6. The van der Waals surface area contributed by atoms with Crippen LogP contribution in [0, 0.1) is 0 Å². The Morgan fingerprint density at radius 2 is 2.00 bits per heavy atom. The lowest BCUT2D eigenvalue weighted by molar-refractivity contribution is 0.414. The topological polar surface area (TPSA) is 77.2 Å². The molecule has 1 aromatic carbocycles. The molecule has 2 heterocycles. The molecule has 1 atom stereocenters. The summed E-state index contributed by atoms with van der Waals surface area (Å²) in [6, 6.07) is 12.1. The van der Waals surface area contributed by atoms with Gasteiger partial charge < -0.3 is 10.1 Å². The van der Waals surface area contributed by atoms with Crippen molar-refractivity contribution in [1.82, 2.24) is 25.3 Å². The summed E-state index contributed by atoms with van der Waals surface area (Å²) in [6.45, 7) is 2.19. The fourth-order valence-corrected chi connectivity index (χ4v) is 2.47. The molecule has 2 aromatic heterocycles. The number of hydrogen-bond donors (Lipinski definition) is 1. The normalized spacial score (nSPS) is 12.3. The minimum atomic E-state index is 0.183. The van der Waals surface area contributed by atoms with Crippen LogP contribution < -0.4 is 10.1 Å². The standard InChI is InChI=1S/C16H20N6O/c1-3-4-5-14(12-6-8-13(23-2)9-7-12)17-15-10-11-16-18-20-21-22(16)19-15/h6-11,14H,3-5H2,1-2H3,(H,17,19). The summed E-state index contributed by atoms with van der Waals surface area (Å²) in [7, 11) is 1.67. The number of benzene rings is 1. The van der Waals surface area contributed by atoms with Gasteiger partial charge in [0.2, 0.25) is 0 Å². The van der Waals surface area contributed by atoms with E-state index in [1.165, 1.54) is 10.2 Å². The zero-order chi connectivity index (χ0) is 16.1. The van der Waals surface area contributed by atoms with Crippen molar-refractivity contribution in [3.8, 4) is 5.75 Å². The lowest BCUT2D eigenvalue weighted by atomic mass is 10.0. The molecule has 0 saturated heterocycles. The highest BCUT2D eigenvalue weighted by molar-refractivity contribution is 5.44. The fourth-order valence-electron chi connectivity index (χ4n) is 2.47. The molecule has 0 amide bonds. The molecular weight excluding hydrogens is 292 g/mol. The van der Waals surface area contributed by atoms with Gasteiger partial charge in [-0.05, 0) is 46.7 Å². The summed E-state index contributed by atoms with van der Waals surface area (Å²) in [5.74, 6) is 1.61. The molecule has 0 radical (unpaired) electrons. The molecule has 0 aliphatic heterocycles. The Hall–Kier alpha value is -2.70. The maximum Gasteiger partial charge on any atom is 0.200 e. The Morgan fingerprint density at radius 3 is 2.74 bits per heavy atom. The van der Waals surface area contributed by atoms with Crippen molar-refractivity contribution in [2.24, 2.45) is 0 Å². The monoisotopic (exact) mass is 312 g/mol. The molecule has 3 rings (SSSR count). The summed E-state index contributed by atoms with van der Waals surface area (Å²) in [6.07, 6.45) is 3.31. The highest BCUT2D eigenvalue weighted by Gasteiger charge is 2.12. The van der Waals surface area contributed by atoms with E-state index in [0.29, 0.717) is 5.65 Å². The Kier molecular flexibility index (Phi) is 4.65. The zero-order valence-electron chi connectivity index (χ0n) is 13.3. The minimum Gasteiger partial charge on any atom is -0.497 e. The summed E-state index contributed by atoms with van der Waals surface area (Å²) >= 11 is 0. The van der Waals surface area contributed by atoms with E-state index in [-0.39, 0.29) is 6.04 Å². The molecule has 0 aliphatic carbocycles. The van der Waals surface area contributed by atoms with Crippen molar-refractivity contribution in [1.29, 1.82) is 0 Å². The first-order chi connectivity index (χ1) is 11.3. The molecule has 23 heavy (non-hydrogen) atoms. The second-order valence-corrected chi connectivity index (χ2v) is 5.36. The SMILES string of the molecule is CCCCC(Nc1ccc2nnnn2n1)c1ccc(OC)cc1. The highest BCUT2D eigenvalue weighted by atomic mass is 16.5. The van der Waals surface area contributed by atoms with E-state index in [2.05, 4.69) is 45.0 Å². The van der Waals surface area contributed by atoms with Crippen molar-refractivity contribution >= 4 is 11.5 Å². The van der Waals surface area contributed by atoms with E-state index in [1.54, 1.807) is 7.11 Å². The van der Waals surface area contributed by atoms with Crippen LogP contribution >= 0.6 is 0 Å². The van der Waals surface area contributed by atoms with E-state index in [4.69, 9.17) is 4.74 Å². The van der Waals surface area contributed by atoms with Gasteiger partial charge in [0, 0.05) is 0 Å². The molecular formula is C16H20N6O. The van der Waals surface area contributed by atoms with Crippen molar-refractivity contribution < 1.29 is 4.74 Å². The third-order valence-electron chi connectivity index (χ3n) is 3.76. The van der Waals surface area contributed by atoms with E-state index in [1.807, 2.05) is 24.3 Å². The second-order valence-electron chi connectivity index (χ2n) is 5.36. The molecule has 120 valence electrons. The van der Waals surface area contributed by atoms with Crippen LogP contribution in [0.1, 0.15) is 37.8 Å². The van der Waals surface area contributed by atoms with Gasteiger partial charge in [-0.1, -0.05) is 31.9 Å². The van der Waals surface area contributed by atoms with Gasteiger partial charge in [0.1, 0.15) is 11.6 Å². The van der Waals surface area contributed by atoms with Gasteiger partial charge in [-0.2, -0.15) is 0 Å². The average Bonchev–Trinajstić information content (AvgIpc) is 3.06. The van der Waals surface area contributed by atoms with Crippen molar-refractivity contribution in [2.45, 2.75) is 32.2 Å². The van der Waals surface area contributed by atoms with Gasteiger partial charge in [-0.3, -0.25) is 0 Å². The molecule has 0 bridgehead atoms. The van der Waals surface area contributed by atoms with Gasteiger partial charge in [0.25, 0.3) is 0 Å². The maximum absolute atomic E-state index is 5.23. The largest absolute Gasteiger partial charge is 0.497 e. The van der Waals surface area contributed by atoms with Crippen LogP contribution in [0.2, 0.25) is 0 Å². The second kappa shape index (κ2) is 7.04. The Morgan fingerprint density at radius 1 is 1.17 bits per heavy atom. The number of fused-ring (bicyclic) bond motifs is 1. The first kappa shape index (κ1) is 15.2. The van der Waals surface area contributed by atoms with Gasteiger partial charge in [-0.25, -0.2) is 0 Å². The number of unbranched alkanes of at least 4 members (excludes halogenated alkanes) is 1. The Balaban J connectivity index is 1.82. The lowest BCUT2D eigenvalue weighted by Gasteiger charge is -2.19. The molecule has 3 aromatic rings. The zero-order valence-corrected chi connectivity index (χ0v) is 13.3. The van der Waals surface area contributed by atoms with Crippen LogP contribution in [-0.4, -0.2) is 32.4 Å². The molecule has 1 unspecified atom stereocenters. The first-order valence-electron chi connectivity index (χ1n) is 7.76. The molecule has 0 fully saturated rings. The third-order valence-corrected chi connectivity index (χ3v) is 3.76. The van der Waals surface area contributed by atoms with Gasteiger partial charge >= 0.3 is 0 Å². The summed E-state index contributed by atoms with van der Waals surface area (Å²) in [4.78, 5) is 0. The molecule has 1 N–H and O–H groups in total. The number of nitrogens with one attached hydrogen (secondary N) is 1. The number of methoxy groups -OCH3 is 1. The van der Waals surface area contributed by atoms with Gasteiger partial charge in [-0.15, -0.1) is 14.8 Å². The van der Waals surface area contributed by atoms with Gasteiger partial charge in [0.15, 0.2) is 5.65 Å². The highest BCUT2D eigenvalue weighted by Crippen LogP contribution is 2.25. The lowest BCUT2D eigenvalue weighted by Crippen LogP contribution is -2.13. The van der Waals surface area contributed by atoms with E-state index in [9.17, 15) is 0 Å². The van der Waals surface area contributed by atoms with E-state index in [0.717, 1.165) is 30.8 Å². The predicted octanol–water partition coefficient (Wildman–Crippen LogP) is 2.87. The summed E-state index contributed by atoms with van der Waals surface area (Å²) in [5, 5.41) is 19.2. The maximum atomic E-state index is 5.23. The number of aromatic nitrogens is 5. The molecule has 0 saturated carbocycles. The smallest absolute Gasteiger partial charge is 0.200 e. The van der Waals surface area contributed by atoms with Crippen LogP contribution in [0.4, 0.5) is 5.82 Å². The summed E-state index contributed by atoms with van der Waals surface area (Å²) < 4.78 is 6.65. The third kappa shape index (κ3) is 3.56. The van der Waals surface area contributed by atoms with Crippen LogP contribution in [-0.2, 0) is 0 Å².